The van der Waals surface area contributed by atoms with Crippen molar-refractivity contribution >= 4 is 56.5 Å². The molecule has 0 amide bonds. The molecule has 0 aliphatic rings. The lowest BCUT2D eigenvalue weighted by Gasteiger charge is -2.09. The van der Waals surface area contributed by atoms with Crippen LogP contribution in [0.15, 0.2) is 34.6 Å². The Morgan fingerprint density at radius 2 is 1.04 bits per heavy atom. The van der Waals surface area contributed by atoms with E-state index in [1.54, 1.807) is 23.6 Å². The van der Waals surface area contributed by atoms with Crippen molar-refractivity contribution in [3.8, 4) is 0 Å². The maximum atomic E-state index is 12.5. The molecule has 0 bridgehead atoms. The minimum absolute atomic E-state index is 0.220. The summed E-state index contributed by atoms with van der Waals surface area (Å²) in [5.74, 6) is -1.25. The number of unbranched alkanes of at least 4 members (excludes halogenated alkanes) is 8. The minimum Gasteiger partial charge on any atom is -0.330 e. The number of hydrogen-bond acceptors (Lipinski definition) is 10. The Kier molecular flexibility index (Phi) is 14.0. The van der Waals surface area contributed by atoms with Gasteiger partial charge in [-0.15, -0.1) is 0 Å². The number of oxime groups is 2. The van der Waals surface area contributed by atoms with Gasteiger partial charge in [0.15, 0.2) is 0 Å². The van der Waals surface area contributed by atoms with Crippen LogP contribution in [0.25, 0.3) is 21.8 Å². The topological polar surface area (TPSA) is 169 Å². The monoisotopic (exact) mass is 651 g/mol. The van der Waals surface area contributed by atoms with Gasteiger partial charge >= 0.3 is 11.9 Å². The maximum absolute atomic E-state index is 12.5. The summed E-state index contributed by atoms with van der Waals surface area (Å²) in [6.45, 7) is 8.66. The van der Waals surface area contributed by atoms with E-state index in [1.807, 2.05) is 0 Å². The summed E-state index contributed by atoms with van der Waals surface area (Å²) in [5, 5.41) is 34.0. The summed E-state index contributed by atoms with van der Waals surface area (Å²) in [4.78, 5) is 57.4. The number of nitro groups is 2. The molecule has 3 rings (SSSR count). The molecule has 13 nitrogen and oxygen atoms in total. The van der Waals surface area contributed by atoms with Gasteiger partial charge in [-0.3, -0.25) is 20.2 Å². The first-order chi connectivity index (χ1) is 22.5. The molecule has 0 saturated carbocycles. The first-order valence-electron chi connectivity index (χ1n) is 16.5. The standard InChI is InChI=1S/C34H45N5O8/c1-6-9-11-13-15-17-29(35-46-23(4)40)25-19-27-28-20-26(30(36-47-24(5)41)18-16-14-12-10-7-2)22-32(39(44)45)34(28)37(8-3)33(27)31(21-25)38(42)43/h19-22H,6-18H2,1-5H3/b35-29+,36-30+. The molecule has 0 N–H and O–H groups in total. The number of aryl methyl sites for hydroxylation is 1. The molecule has 254 valence electrons. The number of benzene rings is 2. The number of hydrogen-bond donors (Lipinski definition) is 0. The molecule has 0 atom stereocenters. The molecular formula is C34H45N5O8. The van der Waals surface area contributed by atoms with E-state index in [1.165, 1.54) is 26.0 Å². The van der Waals surface area contributed by atoms with E-state index in [0.717, 1.165) is 64.2 Å². The summed E-state index contributed by atoms with van der Waals surface area (Å²) in [5.41, 5.74) is 1.45. The Hall–Kier alpha value is -4.68. The molecule has 0 radical (unpaired) electrons. The van der Waals surface area contributed by atoms with Crippen molar-refractivity contribution in [2.75, 3.05) is 0 Å². The van der Waals surface area contributed by atoms with Crippen LogP contribution in [-0.2, 0) is 25.8 Å². The van der Waals surface area contributed by atoms with Crippen LogP contribution in [0.5, 0.6) is 0 Å². The van der Waals surface area contributed by atoms with E-state index < -0.39 is 21.8 Å². The van der Waals surface area contributed by atoms with Gasteiger partial charge in [0.25, 0.3) is 11.4 Å². The number of nitro benzene ring substituents is 2. The highest BCUT2D eigenvalue weighted by Crippen LogP contribution is 2.41. The number of carbonyl (C=O) groups is 2. The zero-order chi connectivity index (χ0) is 34.5. The quantitative estimate of drug-likeness (QED) is 0.0407. The molecular weight excluding hydrogens is 606 g/mol. The molecule has 1 aromatic heterocycles. The average molecular weight is 652 g/mol. The molecule has 13 heteroatoms. The van der Waals surface area contributed by atoms with Crippen LogP contribution < -0.4 is 0 Å². The zero-order valence-electron chi connectivity index (χ0n) is 28.0. The van der Waals surface area contributed by atoms with Gasteiger partial charge in [-0.25, -0.2) is 9.59 Å². The molecule has 3 aromatic rings. The van der Waals surface area contributed by atoms with Gasteiger partial charge in [0.1, 0.15) is 11.0 Å². The van der Waals surface area contributed by atoms with E-state index in [2.05, 4.69) is 24.2 Å². The third-order valence-corrected chi connectivity index (χ3v) is 7.99. The lowest BCUT2D eigenvalue weighted by atomic mass is 9.97. The van der Waals surface area contributed by atoms with E-state index in [0.29, 0.717) is 46.2 Å². The van der Waals surface area contributed by atoms with Crippen LogP contribution in [0.3, 0.4) is 0 Å². The summed E-state index contributed by atoms with van der Waals surface area (Å²) in [7, 11) is 0. The zero-order valence-corrected chi connectivity index (χ0v) is 28.0. The van der Waals surface area contributed by atoms with Gasteiger partial charge in [0.05, 0.1) is 21.3 Å². The molecule has 0 saturated heterocycles. The second-order valence-electron chi connectivity index (χ2n) is 11.6. The fraction of sp³-hybridized carbons (Fsp3) is 0.529. The van der Waals surface area contributed by atoms with Gasteiger partial charge in [0.2, 0.25) is 0 Å². The van der Waals surface area contributed by atoms with Crippen LogP contribution >= 0.6 is 0 Å². The Bertz CT molecular complexity index is 1550. The van der Waals surface area contributed by atoms with E-state index in [9.17, 15) is 29.8 Å². The minimum atomic E-state index is -0.624. The van der Waals surface area contributed by atoms with Crippen LogP contribution in [-0.4, -0.2) is 37.8 Å². The lowest BCUT2D eigenvalue weighted by molar-refractivity contribution is -0.383. The first-order valence-corrected chi connectivity index (χ1v) is 16.5. The summed E-state index contributed by atoms with van der Waals surface area (Å²) in [6.07, 6.45) is 10.4. The third-order valence-electron chi connectivity index (χ3n) is 7.99. The van der Waals surface area contributed by atoms with E-state index in [4.69, 9.17) is 9.68 Å². The van der Waals surface area contributed by atoms with Crippen molar-refractivity contribution in [1.82, 2.24) is 4.57 Å². The van der Waals surface area contributed by atoms with Gasteiger partial charge < -0.3 is 14.2 Å². The number of aromatic nitrogens is 1. The molecule has 0 unspecified atom stereocenters. The molecule has 2 aromatic carbocycles. The molecule has 1 heterocycles. The molecule has 0 fully saturated rings. The van der Waals surface area contributed by atoms with Crippen molar-refractivity contribution in [3.05, 3.63) is 55.6 Å². The Labute approximate surface area is 274 Å². The summed E-state index contributed by atoms with van der Waals surface area (Å²) < 4.78 is 1.58. The number of fused-ring (bicyclic) bond motifs is 3. The Morgan fingerprint density at radius 1 is 0.660 bits per heavy atom. The van der Waals surface area contributed by atoms with Gasteiger partial charge in [-0.05, 0) is 44.7 Å². The average Bonchev–Trinajstić information content (AvgIpc) is 3.35. The Morgan fingerprint density at radius 3 is 1.36 bits per heavy atom. The molecule has 0 aliphatic carbocycles. The van der Waals surface area contributed by atoms with Crippen molar-refractivity contribution in [2.45, 2.75) is 118 Å². The summed E-state index contributed by atoms with van der Waals surface area (Å²) >= 11 is 0. The molecule has 0 aliphatic heterocycles. The van der Waals surface area contributed by atoms with Crippen LogP contribution in [0.1, 0.15) is 123 Å². The second kappa shape index (κ2) is 17.9. The highest BCUT2D eigenvalue weighted by Gasteiger charge is 2.28. The fourth-order valence-electron chi connectivity index (χ4n) is 5.77. The number of nitrogens with zero attached hydrogens (tertiary/aromatic N) is 5. The molecule has 0 spiro atoms. The van der Waals surface area contributed by atoms with Crippen molar-refractivity contribution in [3.63, 3.8) is 0 Å². The highest BCUT2D eigenvalue weighted by molar-refractivity contribution is 6.18. The van der Waals surface area contributed by atoms with E-state index in [-0.39, 0.29) is 29.0 Å². The largest absolute Gasteiger partial charge is 0.331 e. The maximum Gasteiger partial charge on any atom is 0.331 e. The highest BCUT2D eigenvalue weighted by atomic mass is 16.7. The predicted octanol–water partition coefficient (Wildman–Crippen LogP) is 8.89. The Balaban J connectivity index is 2.33. The van der Waals surface area contributed by atoms with Crippen molar-refractivity contribution < 1.29 is 29.1 Å². The SMILES string of the molecule is CCCCCCC/C(=N\OC(C)=O)c1cc([N+](=O)[O-])c2c(c1)c1cc(/C(CCCCCCC)=N/OC(C)=O)cc([N+](=O)[O-])c1n2CC. The van der Waals surface area contributed by atoms with Gasteiger partial charge in [-0.1, -0.05) is 75.5 Å². The second-order valence-corrected chi connectivity index (χ2v) is 11.6. The summed E-state index contributed by atoms with van der Waals surface area (Å²) in [6, 6.07) is 6.20. The van der Waals surface area contributed by atoms with Gasteiger partial charge in [-0.2, -0.15) is 0 Å². The predicted molar refractivity (Wildman–Crippen MR) is 182 cm³/mol. The number of carbonyl (C=O) groups excluding carboxylic acids is 2. The van der Waals surface area contributed by atoms with Gasteiger partial charge in [0, 0.05) is 54.4 Å². The fourth-order valence-corrected chi connectivity index (χ4v) is 5.77. The number of rotatable bonds is 19. The lowest BCUT2D eigenvalue weighted by Crippen LogP contribution is -2.07. The smallest absolute Gasteiger partial charge is 0.330 e. The van der Waals surface area contributed by atoms with Crippen LogP contribution in [0.4, 0.5) is 11.4 Å². The van der Waals surface area contributed by atoms with Crippen LogP contribution in [0, 0.1) is 20.2 Å². The van der Waals surface area contributed by atoms with Crippen molar-refractivity contribution in [1.29, 1.82) is 0 Å². The van der Waals surface area contributed by atoms with E-state index >= 15 is 0 Å². The molecule has 47 heavy (non-hydrogen) atoms. The first kappa shape index (κ1) is 36.8. The number of non-ortho nitro benzene ring substituents is 2. The van der Waals surface area contributed by atoms with Crippen molar-refractivity contribution in [2.24, 2.45) is 10.3 Å². The van der Waals surface area contributed by atoms with Crippen LogP contribution in [0.2, 0.25) is 0 Å². The normalized spacial score (nSPS) is 12.1. The third kappa shape index (κ3) is 9.66.